The summed E-state index contributed by atoms with van der Waals surface area (Å²) in [6.45, 7) is 7.68. The van der Waals surface area contributed by atoms with Crippen LogP contribution in [0.2, 0.25) is 5.02 Å². The normalized spacial score (nSPS) is 19.9. The van der Waals surface area contributed by atoms with E-state index >= 15 is 0 Å². The molecule has 16 heavy (non-hydrogen) atoms. The first-order valence-electron chi connectivity index (χ1n) is 5.48. The van der Waals surface area contributed by atoms with Crippen LogP contribution >= 0.6 is 11.6 Å². The van der Waals surface area contributed by atoms with E-state index in [9.17, 15) is 0 Å². The van der Waals surface area contributed by atoms with Crippen LogP contribution in [-0.4, -0.2) is 20.3 Å². The number of halogens is 1. The quantitative estimate of drug-likeness (QED) is 0.700. The first-order chi connectivity index (χ1) is 7.49. The van der Waals surface area contributed by atoms with Gasteiger partial charge in [0.25, 0.3) is 0 Å². The Hall–Kier alpha value is -0.505. The highest BCUT2D eigenvalue weighted by Gasteiger charge is 2.34. The van der Waals surface area contributed by atoms with E-state index in [4.69, 9.17) is 20.9 Å². The van der Waals surface area contributed by atoms with Crippen LogP contribution in [0, 0.1) is 12.3 Å². The van der Waals surface area contributed by atoms with Crippen molar-refractivity contribution in [3.63, 3.8) is 0 Å². The van der Waals surface area contributed by atoms with E-state index in [-0.39, 0.29) is 12.5 Å². The lowest BCUT2D eigenvalue weighted by Crippen LogP contribution is -2.48. The Balaban J connectivity index is 2.17. The van der Waals surface area contributed by atoms with Crippen molar-refractivity contribution in [1.29, 1.82) is 0 Å². The second kappa shape index (κ2) is 4.40. The minimum absolute atomic E-state index is 0.100. The summed E-state index contributed by atoms with van der Waals surface area (Å²) in [6, 6.07) is 5.81. The van der Waals surface area contributed by atoms with Crippen molar-refractivity contribution in [3.05, 3.63) is 28.8 Å². The van der Waals surface area contributed by atoms with Gasteiger partial charge < -0.3 is 9.31 Å². The molecular weight excluding hydrogens is 222 g/mol. The van der Waals surface area contributed by atoms with E-state index in [1.165, 1.54) is 0 Å². The van der Waals surface area contributed by atoms with Gasteiger partial charge in [0.2, 0.25) is 0 Å². The van der Waals surface area contributed by atoms with E-state index < -0.39 is 0 Å². The average Bonchev–Trinajstić information content (AvgIpc) is 2.23. The van der Waals surface area contributed by atoms with Crippen LogP contribution in [0.1, 0.15) is 19.4 Å². The van der Waals surface area contributed by atoms with Gasteiger partial charge >= 0.3 is 7.12 Å². The zero-order valence-corrected chi connectivity index (χ0v) is 10.7. The molecule has 0 N–H and O–H groups in total. The van der Waals surface area contributed by atoms with Gasteiger partial charge in [0.05, 0.1) is 0 Å². The molecule has 1 fully saturated rings. The zero-order valence-electron chi connectivity index (χ0n) is 9.92. The van der Waals surface area contributed by atoms with Gasteiger partial charge in [-0.3, -0.25) is 0 Å². The fourth-order valence-corrected chi connectivity index (χ4v) is 1.93. The van der Waals surface area contributed by atoms with E-state index in [0.717, 1.165) is 16.0 Å². The topological polar surface area (TPSA) is 18.5 Å². The first-order valence-corrected chi connectivity index (χ1v) is 5.86. The highest BCUT2D eigenvalue weighted by atomic mass is 35.5. The molecule has 1 aromatic carbocycles. The molecule has 0 atom stereocenters. The number of hydrogen-bond acceptors (Lipinski definition) is 2. The monoisotopic (exact) mass is 238 g/mol. The second-order valence-corrected chi connectivity index (χ2v) is 5.48. The lowest BCUT2D eigenvalue weighted by Gasteiger charge is -2.33. The summed E-state index contributed by atoms with van der Waals surface area (Å²) in [4.78, 5) is 0. The molecule has 0 bridgehead atoms. The van der Waals surface area contributed by atoms with Crippen molar-refractivity contribution in [3.8, 4) is 0 Å². The predicted molar refractivity (Wildman–Crippen MR) is 67.3 cm³/mol. The first kappa shape index (κ1) is 12.0. The minimum atomic E-state index is -0.272. The Kier molecular flexibility index (Phi) is 3.29. The molecule has 0 amide bonds. The third-order valence-electron chi connectivity index (χ3n) is 2.81. The van der Waals surface area contributed by atoms with Gasteiger partial charge in [-0.2, -0.15) is 0 Å². The average molecular weight is 239 g/mol. The molecule has 2 nitrogen and oxygen atoms in total. The molecule has 0 aliphatic carbocycles. The summed E-state index contributed by atoms with van der Waals surface area (Å²) in [5.41, 5.74) is 2.17. The minimum Gasteiger partial charge on any atom is -0.407 e. The maximum Gasteiger partial charge on any atom is 0.494 e. The molecule has 0 unspecified atom stereocenters. The van der Waals surface area contributed by atoms with Crippen molar-refractivity contribution in [2.45, 2.75) is 20.8 Å². The summed E-state index contributed by atoms with van der Waals surface area (Å²) >= 11 is 6.08. The zero-order chi connectivity index (χ0) is 11.8. The lowest BCUT2D eigenvalue weighted by atomic mass is 9.73. The molecule has 1 saturated heterocycles. The summed E-state index contributed by atoms with van der Waals surface area (Å²) in [7, 11) is -0.272. The SMILES string of the molecule is Cc1c(Cl)cccc1B1OCC(C)(C)CO1. The summed E-state index contributed by atoms with van der Waals surface area (Å²) < 4.78 is 11.5. The Morgan fingerprint density at radius 3 is 2.50 bits per heavy atom. The Morgan fingerprint density at radius 2 is 1.88 bits per heavy atom. The van der Waals surface area contributed by atoms with Crippen LogP contribution < -0.4 is 5.46 Å². The van der Waals surface area contributed by atoms with Gasteiger partial charge in [0, 0.05) is 23.7 Å². The largest absolute Gasteiger partial charge is 0.494 e. The van der Waals surface area contributed by atoms with Crippen LogP contribution in [0.5, 0.6) is 0 Å². The third kappa shape index (κ3) is 2.42. The molecule has 0 radical (unpaired) electrons. The van der Waals surface area contributed by atoms with Crippen LogP contribution in [-0.2, 0) is 9.31 Å². The molecule has 1 aromatic rings. The van der Waals surface area contributed by atoms with Gasteiger partial charge in [-0.1, -0.05) is 37.6 Å². The molecular formula is C12H16BClO2. The highest BCUT2D eigenvalue weighted by molar-refractivity contribution is 6.62. The smallest absolute Gasteiger partial charge is 0.407 e. The van der Waals surface area contributed by atoms with Crippen molar-refractivity contribution in [2.75, 3.05) is 13.2 Å². The van der Waals surface area contributed by atoms with Crippen LogP contribution in [0.25, 0.3) is 0 Å². The maximum absolute atomic E-state index is 6.08. The van der Waals surface area contributed by atoms with E-state index in [1.807, 2.05) is 25.1 Å². The van der Waals surface area contributed by atoms with Gasteiger partial charge in [-0.25, -0.2) is 0 Å². The second-order valence-electron chi connectivity index (χ2n) is 5.07. The van der Waals surface area contributed by atoms with Crippen molar-refractivity contribution in [1.82, 2.24) is 0 Å². The molecule has 2 rings (SSSR count). The fourth-order valence-electron chi connectivity index (χ4n) is 1.75. The Labute approximate surface area is 102 Å². The standard InChI is InChI=1S/C12H16BClO2/c1-9-10(5-4-6-11(9)14)13-15-7-12(2,3)8-16-13/h4-6H,7-8H2,1-3H3. The predicted octanol–water partition coefficient (Wildman–Crippen LogP) is 2.42. The van der Waals surface area contributed by atoms with E-state index in [0.29, 0.717) is 13.2 Å². The maximum atomic E-state index is 6.08. The molecule has 0 aromatic heterocycles. The lowest BCUT2D eigenvalue weighted by molar-refractivity contribution is 0.0342. The summed E-state index contributed by atoms with van der Waals surface area (Å²) in [5.74, 6) is 0. The highest BCUT2D eigenvalue weighted by Crippen LogP contribution is 2.22. The van der Waals surface area contributed by atoms with Gasteiger partial charge in [0.15, 0.2) is 0 Å². The van der Waals surface area contributed by atoms with Crippen LogP contribution in [0.3, 0.4) is 0 Å². The van der Waals surface area contributed by atoms with Crippen molar-refractivity contribution >= 4 is 24.2 Å². The molecule has 1 aliphatic heterocycles. The Morgan fingerprint density at radius 1 is 1.25 bits per heavy atom. The molecule has 1 heterocycles. The van der Waals surface area contributed by atoms with E-state index in [1.54, 1.807) is 0 Å². The van der Waals surface area contributed by atoms with Gasteiger partial charge in [-0.15, -0.1) is 0 Å². The number of hydrogen-bond donors (Lipinski definition) is 0. The van der Waals surface area contributed by atoms with E-state index in [2.05, 4.69) is 13.8 Å². The van der Waals surface area contributed by atoms with Gasteiger partial charge in [-0.05, 0) is 24.0 Å². The fraction of sp³-hybridized carbons (Fsp3) is 0.500. The Bertz CT molecular complexity index is 383. The molecule has 4 heteroatoms. The summed E-state index contributed by atoms with van der Waals surface area (Å²) in [5, 5.41) is 0.759. The number of benzene rings is 1. The van der Waals surface area contributed by atoms with Crippen LogP contribution in [0.15, 0.2) is 18.2 Å². The van der Waals surface area contributed by atoms with Crippen LogP contribution in [0.4, 0.5) is 0 Å². The van der Waals surface area contributed by atoms with Crippen molar-refractivity contribution < 1.29 is 9.31 Å². The number of rotatable bonds is 1. The molecule has 0 saturated carbocycles. The molecule has 86 valence electrons. The molecule has 0 spiro atoms. The van der Waals surface area contributed by atoms with Crippen molar-refractivity contribution in [2.24, 2.45) is 5.41 Å². The summed E-state index contributed by atoms with van der Waals surface area (Å²) in [6.07, 6.45) is 0. The third-order valence-corrected chi connectivity index (χ3v) is 3.22. The molecule has 1 aliphatic rings. The van der Waals surface area contributed by atoms with Gasteiger partial charge in [0.1, 0.15) is 0 Å².